The average molecular weight is 302 g/mol. The Morgan fingerprint density at radius 2 is 2.14 bits per heavy atom. The number of aryl methyl sites for hydroxylation is 2. The van der Waals surface area contributed by atoms with Gasteiger partial charge in [0.25, 0.3) is 5.91 Å². The van der Waals surface area contributed by atoms with Gasteiger partial charge in [0.1, 0.15) is 11.5 Å². The molecule has 0 saturated carbocycles. The van der Waals surface area contributed by atoms with Crippen molar-refractivity contribution in [3.05, 3.63) is 58.7 Å². The number of benzene rings is 1. The second-order valence-electron chi connectivity index (χ2n) is 5.93. The molecular weight excluding hydrogens is 283 g/mol. The van der Waals surface area contributed by atoms with Crippen LogP contribution in [0.3, 0.4) is 0 Å². The molecule has 5 heteroatoms. The Morgan fingerprint density at radius 3 is 2.77 bits per heavy atom. The first-order chi connectivity index (χ1) is 10.5. The minimum atomic E-state index is -0.589. The third-order valence-corrected chi connectivity index (χ3v) is 4.14. The quantitative estimate of drug-likeness (QED) is 0.896. The third-order valence-electron chi connectivity index (χ3n) is 4.14. The van der Waals surface area contributed by atoms with Crippen LogP contribution in [0.15, 0.2) is 30.3 Å². The molecule has 2 N–H and O–H groups in total. The molecule has 1 aliphatic heterocycles. The van der Waals surface area contributed by atoms with Gasteiger partial charge in [-0.1, -0.05) is 12.1 Å². The molecule has 0 spiro atoms. The van der Waals surface area contributed by atoms with Crippen LogP contribution in [-0.2, 0) is 0 Å². The molecule has 3 rings (SSSR count). The highest BCUT2D eigenvalue weighted by Crippen LogP contribution is 2.34. The van der Waals surface area contributed by atoms with E-state index in [0.717, 1.165) is 11.3 Å². The van der Waals surface area contributed by atoms with Crippen LogP contribution in [0.4, 0.5) is 4.39 Å². The van der Waals surface area contributed by atoms with E-state index >= 15 is 0 Å². The van der Waals surface area contributed by atoms with Crippen LogP contribution in [0.1, 0.15) is 39.8 Å². The number of nitrogens with zero attached hydrogens (tertiary/aromatic N) is 1. The highest BCUT2D eigenvalue weighted by atomic mass is 19.1. The molecule has 2 atom stereocenters. The van der Waals surface area contributed by atoms with Crippen LogP contribution in [0.25, 0.3) is 0 Å². The lowest BCUT2D eigenvalue weighted by molar-refractivity contribution is 0.0709. The molecule has 4 nitrogen and oxygen atoms in total. The summed E-state index contributed by atoms with van der Waals surface area (Å²) in [5.74, 6) is -0.491. The molecule has 116 valence electrons. The minimum Gasteiger partial charge on any atom is -0.391 e. The number of nitrogens with one attached hydrogen (secondary N) is 1. The third kappa shape index (κ3) is 2.64. The first-order valence-corrected chi connectivity index (χ1v) is 7.36. The number of amides is 1. The fourth-order valence-corrected chi connectivity index (χ4v) is 3.16. The second kappa shape index (κ2) is 5.57. The van der Waals surface area contributed by atoms with Gasteiger partial charge in [0.2, 0.25) is 0 Å². The summed E-state index contributed by atoms with van der Waals surface area (Å²) in [7, 11) is 0. The molecule has 22 heavy (non-hydrogen) atoms. The summed E-state index contributed by atoms with van der Waals surface area (Å²) < 4.78 is 13.5. The number of likely N-dealkylation sites (tertiary alicyclic amines) is 1. The largest absolute Gasteiger partial charge is 0.391 e. The van der Waals surface area contributed by atoms with Gasteiger partial charge in [0.15, 0.2) is 0 Å². The molecule has 1 aromatic carbocycles. The van der Waals surface area contributed by atoms with Crippen molar-refractivity contribution in [2.24, 2.45) is 0 Å². The van der Waals surface area contributed by atoms with Crippen LogP contribution in [-0.4, -0.2) is 33.5 Å². The highest BCUT2D eigenvalue weighted by molar-refractivity contribution is 5.94. The van der Waals surface area contributed by atoms with Crippen molar-refractivity contribution in [2.75, 3.05) is 6.54 Å². The number of H-pyrrole nitrogens is 1. The zero-order chi connectivity index (χ0) is 15.9. The van der Waals surface area contributed by atoms with Crippen molar-refractivity contribution < 1.29 is 14.3 Å². The molecule has 1 saturated heterocycles. The van der Waals surface area contributed by atoms with E-state index in [2.05, 4.69) is 4.98 Å². The maximum atomic E-state index is 13.5. The number of hydrogen-bond donors (Lipinski definition) is 2. The monoisotopic (exact) mass is 302 g/mol. The average Bonchev–Trinajstić information content (AvgIpc) is 3.01. The summed E-state index contributed by atoms with van der Waals surface area (Å²) >= 11 is 0. The van der Waals surface area contributed by atoms with Gasteiger partial charge in [-0.05, 0) is 49.6 Å². The summed E-state index contributed by atoms with van der Waals surface area (Å²) in [4.78, 5) is 17.5. The van der Waals surface area contributed by atoms with Crippen LogP contribution in [0.5, 0.6) is 0 Å². The SMILES string of the molecule is Cc1cc(C)c(C(=O)N2CC(O)CC2c2cccc(F)c2)[nH]1. The van der Waals surface area contributed by atoms with E-state index in [4.69, 9.17) is 0 Å². The molecular formula is C17H19FN2O2. The summed E-state index contributed by atoms with van der Waals surface area (Å²) in [5.41, 5.74) is 3.05. The fourth-order valence-electron chi connectivity index (χ4n) is 3.16. The molecule has 1 aliphatic rings. The van der Waals surface area contributed by atoms with Gasteiger partial charge in [0.05, 0.1) is 12.1 Å². The number of aliphatic hydroxyl groups excluding tert-OH is 1. The Balaban J connectivity index is 1.94. The van der Waals surface area contributed by atoms with E-state index in [1.165, 1.54) is 12.1 Å². The maximum absolute atomic E-state index is 13.5. The number of aromatic nitrogens is 1. The first kappa shape index (κ1) is 14.8. The number of halogens is 1. The molecule has 1 aromatic heterocycles. The summed E-state index contributed by atoms with van der Waals surface area (Å²) in [6.45, 7) is 4.03. The Morgan fingerprint density at radius 1 is 1.36 bits per heavy atom. The lowest BCUT2D eigenvalue weighted by atomic mass is 10.0. The smallest absolute Gasteiger partial charge is 0.271 e. The van der Waals surface area contributed by atoms with Crippen LogP contribution in [0, 0.1) is 19.7 Å². The number of aliphatic hydroxyl groups is 1. The summed E-state index contributed by atoms with van der Waals surface area (Å²) in [6, 6.07) is 7.83. The van der Waals surface area contributed by atoms with E-state index in [1.807, 2.05) is 19.9 Å². The molecule has 2 aromatic rings. The minimum absolute atomic E-state index is 0.156. The fraction of sp³-hybridized carbons (Fsp3) is 0.353. The first-order valence-electron chi connectivity index (χ1n) is 7.36. The summed E-state index contributed by atoms with van der Waals surface area (Å²) in [6.07, 6.45) is -0.165. The van der Waals surface area contributed by atoms with Gasteiger partial charge >= 0.3 is 0 Å². The number of carbonyl (C=O) groups excluding carboxylic acids is 1. The van der Waals surface area contributed by atoms with Crippen molar-refractivity contribution in [1.82, 2.24) is 9.88 Å². The Hall–Kier alpha value is -2.14. The predicted octanol–water partition coefficient (Wildman–Crippen LogP) is 2.72. The van der Waals surface area contributed by atoms with E-state index in [0.29, 0.717) is 17.7 Å². The predicted molar refractivity (Wildman–Crippen MR) is 81.1 cm³/mol. The zero-order valence-corrected chi connectivity index (χ0v) is 12.6. The standard InChI is InChI=1S/C17H19FN2O2/c1-10-6-11(2)19-16(10)17(22)20-9-14(21)8-15(20)12-4-3-5-13(18)7-12/h3-7,14-15,19,21H,8-9H2,1-2H3. The zero-order valence-electron chi connectivity index (χ0n) is 12.6. The Bertz CT molecular complexity index is 710. The lowest BCUT2D eigenvalue weighted by Gasteiger charge is -2.24. The normalized spacial score (nSPS) is 21.4. The number of carbonyl (C=O) groups is 1. The van der Waals surface area contributed by atoms with Gasteiger partial charge in [0, 0.05) is 12.2 Å². The number of β-amino-alcohol motifs (C(OH)–C–C–N with tert-alkyl or cyclic N) is 1. The van der Waals surface area contributed by atoms with Gasteiger partial charge < -0.3 is 15.0 Å². The van der Waals surface area contributed by atoms with E-state index < -0.39 is 6.10 Å². The van der Waals surface area contributed by atoms with E-state index in [9.17, 15) is 14.3 Å². The van der Waals surface area contributed by atoms with Crippen molar-refractivity contribution in [3.8, 4) is 0 Å². The Labute approximate surface area is 128 Å². The maximum Gasteiger partial charge on any atom is 0.271 e. The second-order valence-corrected chi connectivity index (χ2v) is 5.93. The van der Waals surface area contributed by atoms with Crippen LogP contribution < -0.4 is 0 Å². The van der Waals surface area contributed by atoms with Crippen LogP contribution in [0.2, 0.25) is 0 Å². The van der Waals surface area contributed by atoms with E-state index in [1.54, 1.807) is 17.0 Å². The van der Waals surface area contributed by atoms with Crippen molar-refractivity contribution >= 4 is 5.91 Å². The van der Waals surface area contributed by atoms with Crippen molar-refractivity contribution in [3.63, 3.8) is 0 Å². The van der Waals surface area contributed by atoms with Crippen LogP contribution >= 0.6 is 0 Å². The molecule has 2 unspecified atom stereocenters. The van der Waals surface area contributed by atoms with Crippen molar-refractivity contribution in [1.29, 1.82) is 0 Å². The van der Waals surface area contributed by atoms with Gasteiger partial charge in [-0.25, -0.2) is 4.39 Å². The summed E-state index contributed by atoms with van der Waals surface area (Å²) in [5, 5.41) is 9.97. The molecule has 0 bridgehead atoms. The molecule has 2 heterocycles. The number of aromatic amines is 1. The Kier molecular flexibility index (Phi) is 3.74. The molecule has 0 radical (unpaired) electrons. The van der Waals surface area contributed by atoms with Gasteiger partial charge in [-0.2, -0.15) is 0 Å². The highest BCUT2D eigenvalue weighted by Gasteiger charge is 2.36. The molecule has 0 aliphatic carbocycles. The van der Waals surface area contributed by atoms with E-state index in [-0.39, 0.29) is 24.3 Å². The number of rotatable bonds is 2. The van der Waals surface area contributed by atoms with Crippen molar-refractivity contribution in [2.45, 2.75) is 32.4 Å². The topological polar surface area (TPSA) is 56.3 Å². The number of hydrogen-bond acceptors (Lipinski definition) is 2. The lowest BCUT2D eigenvalue weighted by Crippen LogP contribution is -2.32. The van der Waals surface area contributed by atoms with Gasteiger partial charge in [-0.3, -0.25) is 4.79 Å². The van der Waals surface area contributed by atoms with Gasteiger partial charge in [-0.15, -0.1) is 0 Å². The molecule has 1 amide bonds. The molecule has 1 fully saturated rings.